The Labute approximate surface area is 136 Å². The van der Waals surface area contributed by atoms with Gasteiger partial charge in [0.1, 0.15) is 6.26 Å². The monoisotopic (exact) mass is 336 g/mol. The van der Waals surface area contributed by atoms with Crippen molar-refractivity contribution in [2.45, 2.75) is 24.9 Å². The summed E-state index contributed by atoms with van der Waals surface area (Å²) >= 11 is 1.50. The zero-order chi connectivity index (χ0) is 16.4. The number of nitrogens with zero attached hydrogens (tertiary/aromatic N) is 2. The molecule has 3 heterocycles. The molecule has 0 spiro atoms. The van der Waals surface area contributed by atoms with E-state index in [0.29, 0.717) is 11.6 Å². The van der Waals surface area contributed by atoms with Crippen LogP contribution < -0.4 is 0 Å². The lowest BCUT2D eigenvalue weighted by atomic mass is 9.91. The Balaban J connectivity index is 1.59. The summed E-state index contributed by atoms with van der Waals surface area (Å²) in [5, 5.41) is 20.8. The summed E-state index contributed by atoms with van der Waals surface area (Å²) in [6.45, 7) is 0.439. The van der Waals surface area contributed by atoms with Gasteiger partial charge in [0.05, 0.1) is 17.0 Å². The van der Waals surface area contributed by atoms with Gasteiger partial charge in [-0.05, 0) is 11.4 Å². The van der Waals surface area contributed by atoms with E-state index in [1.165, 1.54) is 17.6 Å². The zero-order valence-corrected chi connectivity index (χ0v) is 13.1. The largest absolute Gasteiger partial charge is 0.479 e. The first-order chi connectivity index (χ1) is 11.0. The number of aromatic nitrogens is 1. The van der Waals surface area contributed by atoms with Gasteiger partial charge >= 0.3 is 5.97 Å². The molecule has 1 aliphatic heterocycles. The first-order valence-corrected chi connectivity index (χ1v) is 8.08. The molecule has 8 heteroatoms. The second-order valence-corrected chi connectivity index (χ2v) is 6.46. The van der Waals surface area contributed by atoms with Gasteiger partial charge < -0.3 is 19.5 Å². The van der Waals surface area contributed by atoms with E-state index in [1.54, 1.807) is 4.90 Å². The standard InChI is InChI=1S/C15H16N2O5S/c18-12(17-5-3-15(21,4-6-17)14(19)20)8-10-9-22-13(16-10)11-2-1-7-23-11/h1-2,7,9,21H,3-6,8H2,(H,19,20). The minimum Gasteiger partial charge on any atom is -0.479 e. The summed E-state index contributed by atoms with van der Waals surface area (Å²) in [5.74, 6) is -0.896. The molecule has 7 nitrogen and oxygen atoms in total. The summed E-state index contributed by atoms with van der Waals surface area (Å²) < 4.78 is 5.37. The Bertz CT molecular complexity index is 701. The molecular formula is C15H16N2O5S. The summed E-state index contributed by atoms with van der Waals surface area (Å²) in [6.07, 6.45) is 1.63. The van der Waals surface area contributed by atoms with Crippen molar-refractivity contribution in [1.82, 2.24) is 9.88 Å². The molecule has 0 unspecified atom stereocenters. The second kappa shape index (κ2) is 6.13. The van der Waals surface area contributed by atoms with Crippen LogP contribution in [0.4, 0.5) is 0 Å². The van der Waals surface area contributed by atoms with Crippen LogP contribution in [0.1, 0.15) is 18.5 Å². The van der Waals surface area contributed by atoms with E-state index in [-0.39, 0.29) is 38.3 Å². The number of carboxylic acids is 1. The summed E-state index contributed by atoms with van der Waals surface area (Å²) in [5.41, 5.74) is -1.19. The van der Waals surface area contributed by atoms with Crippen molar-refractivity contribution >= 4 is 23.2 Å². The number of aliphatic carboxylic acids is 1. The van der Waals surface area contributed by atoms with Crippen LogP contribution in [-0.2, 0) is 16.0 Å². The zero-order valence-electron chi connectivity index (χ0n) is 12.3. The van der Waals surface area contributed by atoms with Crippen molar-refractivity contribution in [3.63, 3.8) is 0 Å². The van der Waals surface area contributed by atoms with Crippen LogP contribution in [0.5, 0.6) is 0 Å². The van der Waals surface area contributed by atoms with E-state index in [9.17, 15) is 14.7 Å². The fraction of sp³-hybridized carbons (Fsp3) is 0.400. The fourth-order valence-corrected chi connectivity index (χ4v) is 3.16. The van der Waals surface area contributed by atoms with Crippen LogP contribution in [0.2, 0.25) is 0 Å². The predicted octanol–water partition coefficient (Wildman–Crippen LogP) is 1.38. The molecule has 1 fully saturated rings. The number of hydrogen-bond donors (Lipinski definition) is 2. The minimum absolute atomic E-state index is 0.0351. The van der Waals surface area contributed by atoms with Crippen LogP contribution >= 0.6 is 11.3 Å². The van der Waals surface area contributed by atoms with Gasteiger partial charge in [-0.2, -0.15) is 0 Å². The smallest absolute Gasteiger partial charge is 0.335 e. The third kappa shape index (κ3) is 3.27. The van der Waals surface area contributed by atoms with E-state index in [0.717, 1.165) is 4.88 Å². The topological polar surface area (TPSA) is 104 Å². The molecule has 0 bridgehead atoms. The highest BCUT2D eigenvalue weighted by molar-refractivity contribution is 7.13. The SMILES string of the molecule is O=C(Cc1coc(-c2cccs2)n1)N1CCC(O)(C(=O)O)CC1. The minimum atomic E-state index is -1.73. The number of hydrogen-bond acceptors (Lipinski definition) is 6. The van der Waals surface area contributed by atoms with Gasteiger partial charge in [0, 0.05) is 25.9 Å². The highest BCUT2D eigenvalue weighted by atomic mass is 32.1. The molecule has 1 amide bonds. The van der Waals surface area contributed by atoms with E-state index in [4.69, 9.17) is 9.52 Å². The highest BCUT2D eigenvalue weighted by Crippen LogP contribution is 2.25. The number of aliphatic hydroxyl groups is 1. The Morgan fingerprint density at radius 2 is 2.13 bits per heavy atom. The molecule has 23 heavy (non-hydrogen) atoms. The van der Waals surface area contributed by atoms with Crippen molar-refractivity contribution in [3.05, 3.63) is 29.5 Å². The normalized spacial score (nSPS) is 17.2. The Kier molecular flexibility index (Phi) is 4.18. The summed E-state index contributed by atoms with van der Waals surface area (Å²) in [6, 6.07) is 3.78. The van der Waals surface area contributed by atoms with Crippen molar-refractivity contribution in [1.29, 1.82) is 0 Å². The van der Waals surface area contributed by atoms with Crippen LogP contribution in [-0.4, -0.2) is 50.7 Å². The molecule has 122 valence electrons. The molecule has 0 aliphatic carbocycles. The maximum Gasteiger partial charge on any atom is 0.335 e. The lowest BCUT2D eigenvalue weighted by Gasteiger charge is -2.35. The van der Waals surface area contributed by atoms with Crippen molar-refractivity contribution in [3.8, 4) is 10.8 Å². The number of carbonyl (C=O) groups is 2. The number of piperidine rings is 1. The number of thiophene rings is 1. The molecule has 1 aliphatic rings. The number of amides is 1. The van der Waals surface area contributed by atoms with E-state index >= 15 is 0 Å². The molecule has 0 saturated carbocycles. The Morgan fingerprint density at radius 1 is 1.39 bits per heavy atom. The van der Waals surface area contributed by atoms with Gasteiger partial charge in [0.15, 0.2) is 5.60 Å². The van der Waals surface area contributed by atoms with Crippen LogP contribution in [0, 0.1) is 0 Å². The fourth-order valence-electron chi connectivity index (χ4n) is 2.51. The molecule has 2 N–H and O–H groups in total. The molecule has 0 atom stereocenters. The molecule has 2 aromatic rings. The van der Waals surface area contributed by atoms with E-state index in [1.807, 2.05) is 17.5 Å². The Hall–Kier alpha value is -2.19. The Morgan fingerprint density at radius 3 is 2.74 bits per heavy atom. The van der Waals surface area contributed by atoms with Crippen molar-refractivity contribution in [2.75, 3.05) is 13.1 Å². The van der Waals surface area contributed by atoms with Gasteiger partial charge in [0.25, 0.3) is 0 Å². The third-order valence-electron chi connectivity index (χ3n) is 3.96. The van der Waals surface area contributed by atoms with Crippen LogP contribution in [0.3, 0.4) is 0 Å². The van der Waals surface area contributed by atoms with E-state index < -0.39 is 11.6 Å². The van der Waals surface area contributed by atoms with Gasteiger partial charge in [-0.3, -0.25) is 4.79 Å². The lowest BCUT2D eigenvalue weighted by molar-refractivity contribution is -0.165. The lowest BCUT2D eigenvalue weighted by Crippen LogP contribution is -2.51. The molecule has 1 saturated heterocycles. The first kappa shape index (κ1) is 15.7. The van der Waals surface area contributed by atoms with Gasteiger partial charge in [-0.1, -0.05) is 6.07 Å². The number of oxazole rings is 1. The summed E-state index contributed by atoms with van der Waals surface area (Å²) in [7, 11) is 0. The molecule has 3 rings (SSSR count). The molecule has 2 aromatic heterocycles. The van der Waals surface area contributed by atoms with Crippen LogP contribution in [0.15, 0.2) is 28.2 Å². The van der Waals surface area contributed by atoms with Crippen LogP contribution in [0.25, 0.3) is 10.8 Å². The third-order valence-corrected chi connectivity index (χ3v) is 4.82. The second-order valence-electron chi connectivity index (χ2n) is 5.52. The summed E-state index contributed by atoms with van der Waals surface area (Å²) in [4.78, 5) is 30.0. The number of carboxylic acid groups (broad SMARTS) is 1. The molecule has 0 radical (unpaired) electrons. The number of rotatable bonds is 4. The van der Waals surface area contributed by atoms with Crippen molar-refractivity contribution < 1.29 is 24.2 Å². The van der Waals surface area contributed by atoms with Gasteiger partial charge in [0.2, 0.25) is 11.8 Å². The first-order valence-electron chi connectivity index (χ1n) is 7.20. The average molecular weight is 336 g/mol. The van der Waals surface area contributed by atoms with Gasteiger partial charge in [-0.25, -0.2) is 9.78 Å². The maximum atomic E-state index is 12.3. The van der Waals surface area contributed by atoms with Gasteiger partial charge in [-0.15, -0.1) is 11.3 Å². The quantitative estimate of drug-likeness (QED) is 0.874. The van der Waals surface area contributed by atoms with Crippen molar-refractivity contribution in [2.24, 2.45) is 0 Å². The predicted molar refractivity (Wildman–Crippen MR) is 81.9 cm³/mol. The van der Waals surface area contributed by atoms with E-state index in [2.05, 4.69) is 4.98 Å². The average Bonchev–Trinajstić information content (AvgIpc) is 3.18. The number of carbonyl (C=O) groups excluding carboxylic acids is 1. The molecular weight excluding hydrogens is 320 g/mol. The molecule has 0 aromatic carbocycles. The highest BCUT2D eigenvalue weighted by Gasteiger charge is 2.40. The number of likely N-dealkylation sites (tertiary alicyclic amines) is 1. The maximum absolute atomic E-state index is 12.3.